The number of fused-ring (bicyclic) bond motifs is 1. The molecule has 0 unspecified atom stereocenters. The van der Waals surface area contributed by atoms with E-state index in [4.69, 9.17) is 32.0 Å². The lowest BCUT2D eigenvalue weighted by Gasteiger charge is -2.14. The molecule has 1 amide bonds. The van der Waals surface area contributed by atoms with Crippen molar-refractivity contribution in [2.75, 3.05) is 28.4 Å². The molecule has 0 atom stereocenters. The van der Waals surface area contributed by atoms with Gasteiger partial charge in [-0.15, -0.1) is 0 Å². The predicted molar refractivity (Wildman–Crippen MR) is 166 cm³/mol. The zero-order chi connectivity index (χ0) is 28.9. The highest BCUT2D eigenvalue weighted by molar-refractivity contribution is 6.30. The topological polar surface area (TPSA) is 132 Å². The van der Waals surface area contributed by atoms with Gasteiger partial charge in [-0.3, -0.25) is 4.79 Å². The van der Waals surface area contributed by atoms with Crippen molar-refractivity contribution in [1.82, 2.24) is 19.5 Å². The van der Waals surface area contributed by atoms with Crippen molar-refractivity contribution in [3.05, 3.63) is 95.3 Å². The largest absolute Gasteiger partial charge is 0.397 e. The maximum atomic E-state index is 12.6. The Balaban J connectivity index is 1.11. The average molecular weight is 583 g/mol. The van der Waals surface area contributed by atoms with Crippen LogP contribution in [0.2, 0.25) is 5.02 Å². The normalized spacial score (nSPS) is 13.4. The van der Waals surface area contributed by atoms with Crippen LogP contribution < -0.4 is 21.7 Å². The molecule has 0 spiro atoms. The van der Waals surface area contributed by atoms with Gasteiger partial charge in [0.05, 0.1) is 24.3 Å². The first-order valence-electron chi connectivity index (χ1n) is 13.9. The SMILES string of the molecule is Nc1ccccc1NC(=O)c1ccc(COCNc2nc(Nc3cccc(Cl)c3)c3ncn(C4CCCC4)c3n2)cc1. The van der Waals surface area contributed by atoms with Crippen LogP contribution in [0.4, 0.5) is 28.8 Å². The van der Waals surface area contributed by atoms with E-state index >= 15 is 0 Å². The van der Waals surface area contributed by atoms with Crippen molar-refractivity contribution >= 4 is 57.5 Å². The highest BCUT2D eigenvalue weighted by Crippen LogP contribution is 2.33. The first-order chi connectivity index (χ1) is 20.5. The van der Waals surface area contributed by atoms with Gasteiger partial charge in [0.2, 0.25) is 5.95 Å². The molecular weight excluding hydrogens is 552 g/mol. The quantitative estimate of drug-likeness (QED) is 0.0806. The summed E-state index contributed by atoms with van der Waals surface area (Å²) >= 11 is 6.20. The zero-order valence-corrected chi connectivity index (χ0v) is 23.6. The number of nitrogens with one attached hydrogen (secondary N) is 3. The van der Waals surface area contributed by atoms with E-state index in [0.717, 1.165) is 29.7 Å². The summed E-state index contributed by atoms with van der Waals surface area (Å²) in [4.78, 5) is 26.7. The Morgan fingerprint density at radius 2 is 1.83 bits per heavy atom. The van der Waals surface area contributed by atoms with Crippen molar-refractivity contribution in [2.45, 2.75) is 38.3 Å². The Kier molecular flexibility index (Phi) is 8.16. The number of para-hydroxylation sites is 2. The van der Waals surface area contributed by atoms with E-state index in [1.165, 1.54) is 12.8 Å². The number of halogens is 1. The first kappa shape index (κ1) is 27.5. The molecule has 5 aromatic rings. The second-order valence-corrected chi connectivity index (χ2v) is 10.6. The molecule has 1 aliphatic carbocycles. The van der Waals surface area contributed by atoms with Gasteiger partial charge in [-0.2, -0.15) is 9.97 Å². The average Bonchev–Trinajstić information content (AvgIpc) is 3.67. The molecule has 3 aromatic carbocycles. The number of nitrogen functional groups attached to an aromatic ring is 1. The van der Waals surface area contributed by atoms with E-state index in [2.05, 4.69) is 25.5 Å². The minimum atomic E-state index is -0.228. The summed E-state index contributed by atoms with van der Waals surface area (Å²) in [5, 5.41) is 10.00. The van der Waals surface area contributed by atoms with Crippen LogP contribution in [-0.2, 0) is 11.3 Å². The van der Waals surface area contributed by atoms with Gasteiger partial charge in [0.25, 0.3) is 5.91 Å². The number of amides is 1. The standard InChI is InChI=1S/C31H31ClN8O2/c32-22-6-5-7-23(16-22)36-28-27-29(40(18-34-27)24-8-1-2-9-24)39-31(38-28)35-19-42-17-20-12-14-21(15-13-20)30(41)37-26-11-4-3-10-25(26)33/h3-7,10-16,18,24H,1-2,8-9,17,19,33H2,(H,37,41)(H2,35,36,38,39). The number of nitrogens with zero attached hydrogens (tertiary/aromatic N) is 4. The predicted octanol–water partition coefficient (Wildman–Crippen LogP) is 6.76. The Hall–Kier alpha value is -4.67. The number of nitrogens with two attached hydrogens (primary N) is 1. The number of carbonyl (C=O) groups is 1. The Morgan fingerprint density at radius 3 is 2.62 bits per heavy atom. The molecule has 0 aliphatic heterocycles. The molecular formula is C31H31ClN8O2. The fourth-order valence-corrected chi connectivity index (χ4v) is 5.27. The monoisotopic (exact) mass is 582 g/mol. The molecule has 214 valence electrons. The van der Waals surface area contributed by atoms with Gasteiger partial charge >= 0.3 is 0 Å². The van der Waals surface area contributed by atoms with Gasteiger partial charge in [0, 0.05) is 22.3 Å². The van der Waals surface area contributed by atoms with Crippen molar-refractivity contribution in [3.63, 3.8) is 0 Å². The molecule has 10 nitrogen and oxygen atoms in total. The second-order valence-electron chi connectivity index (χ2n) is 10.2. The Bertz CT molecular complexity index is 1700. The maximum Gasteiger partial charge on any atom is 0.255 e. The van der Waals surface area contributed by atoms with Crippen LogP contribution >= 0.6 is 11.6 Å². The van der Waals surface area contributed by atoms with Gasteiger partial charge in [0.1, 0.15) is 6.73 Å². The lowest BCUT2D eigenvalue weighted by Crippen LogP contribution is -2.13. The highest BCUT2D eigenvalue weighted by atomic mass is 35.5. The van der Waals surface area contributed by atoms with E-state index < -0.39 is 0 Å². The minimum Gasteiger partial charge on any atom is -0.397 e. The third-order valence-electron chi connectivity index (χ3n) is 7.25. The number of aromatic nitrogens is 4. The van der Waals surface area contributed by atoms with Crippen LogP contribution in [0.1, 0.15) is 47.6 Å². The molecule has 1 saturated carbocycles. The van der Waals surface area contributed by atoms with Crippen LogP contribution in [-0.4, -0.2) is 32.2 Å². The van der Waals surface area contributed by atoms with Gasteiger partial charge in [-0.25, -0.2) is 4.98 Å². The van der Waals surface area contributed by atoms with Crippen molar-refractivity contribution in [1.29, 1.82) is 0 Å². The second kappa shape index (κ2) is 12.5. The van der Waals surface area contributed by atoms with Gasteiger partial charge < -0.3 is 31.0 Å². The van der Waals surface area contributed by atoms with E-state index in [0.29, 0.717) is 51.9 Å². The number of carbonyl (C=O) groups excluding carboxylic acids is 1. The number of benzene rings is 3. The number of anilines is 5. The third kappa shape index (κ3) is 6.29. The van der Waals surface area contributed by atoms with Crippen LogP contribution in [0, 0.1) is 0 Å². The van der Waals surface area contributed by atoms with Gasteiger partial charge in [-0.05, 0) is 60.9 Å². The van der Waals surface area contributed by atoms with Gasteiger partial charge in [-0.1, -0.05) is 54.8 Å². The van der Waals surface area contributed by atoms with Crippen LogP contribution in [0.25, 0.3) is 11.2 Å². The summed E-state index contributed by atoms with van der Waals surface area (Å²) < 4.78 is 8.02. The highest BCUT2D eigenvalue weighted by Gasteiger charge is 2.22. The van der Waals surface area contributed by atoms with Crippen molar-refractivity contribution in [2.24, 2.45) is 0 Å². The molecule has 5 N–H and O–H groups in total. The lowest BCUT2D eigenvalue weighted by atomic mass is 10.1. The molecule has 2 heterocycles. The zero-order valence-electron chi connectivity index (χ0n) is 22.9. The van der Waals surface area contributed by atoms with E-state index in [9.17, 15) is 4.79 Å². The summed E-state index contributed by atoms with van der Waals surface area (Å²) in [5.41, 5.74) is 10.8. The fraction of sp³-hybridized carbons (Fsp3) is 0.226. The van der Waals surface area contributed by atoms with E-state index in [-0.39, 0.29) is 12.6 Å². The van der Waals surface area contributed by atoms with Crippen LogP contribution in [0.3, 0.4) is 0 Å². The summed E-state index contributed by atoms with van der Waals surface area (Å²) in [5.74, 6) is 0.792. The molecule has 1 fully saturated rings. The molecule has 6 rings (SSSR count). The molecule has 2 aromatic heterocycles. The number of imidazole rings is 1. The van der Waals surface area contributed by atoms with Crippen molar-refractivity contribution in [3.8, 4) is 0 Å². The minimum absolute atomic E-state index is 0.190. The molecule has 1 aliphatic rings. The van der Waals surface area contributed by atoms with E-state index in [1.54, 1.807) is 24.3 Å². The summed E-state index contributed by atoms with van der Waals surface area (Å²) in [6.07, 6.45) is 6.49. The van der Waals surface area contributed by atoms with Crippen LogP contribution in [0.15, 0.2) is 79.1 Å². The lowest BCUT2D eigenvalue weighted by molar-refractivity contribution is 0.102. The number of ether oxygens (including phenoxy) is 1. The Labute approximate surface area is 248 Å². The molecule has 0 saturated heterocycles. The molecule has 11 heteroatoms. The van der Waals surface area contributed by atoms with Gasteiger partial charge in [0.15, 0.2) is 17.0 Å². The third-order valence-corrected chi connectivity index (χ3v) is 7.49. The molecule has 0 bridgehead atoms. The summed E-state index contributed by atoms with van der Waals surface area (Å²) in [6, 6.07) is 22.2. The Morgan fingerprint density at radius 1 is 1.02 bits per heavy atom. The number of hydrogen-bond donors (Lipinski definition) is 4. The van der Waals surface area contributed by atoms with Crippen LogP contribution in [0.5, 0.6) is 0 Å². The summed E-state index contributed by atoms with van der Waals surface area (Å²) in [7, 11) is 0. The molecule has 42 heavy (non-hydrogen) atoms. The summed E-state index contributed by atoms with van der Waals surface area (Å²) in [6.45, 7) is 0.533. The maximum absolute atomic E-state index is 12.6. The first-order valence-corrected chi connectivity index (χ1v) is 14.2. The molecule has 0 radical (unpaired) electrons. The number of hydrogen-bond acceptors (Lipinski definition) is 8. The fourth-order valence-electron chi connectivity index (χ4n) is 5.08. The van der Waals surface area contributed by atoms with E-state index in [1.807, 2.05) is 54.9 Å². The van der Waals surface area contributed by atoms with Crippen molar-refractivity contribution < 1.29 is 9.53 Å². The number of rotatable bonds is 10. The smallest absolute Gasteiger partial charge is 0.255 e.